The zero-order chi connectivity index (χ0) is 21.8. The SMILES string of the molecule is O=C(Nc1ccc(Cc2ccc(O)c(NC(=O)c3cccs3)c2)cc1O)c1cccs1. The summed E-state index contributed by atoms with van der Waals surface area (Å²) in [6.07, 6.45) is 0.467. The lowest BCUT2D eigenvalue weighted by molar-refractivity contribution is 0.102. The maximum absolute atomic E-state index is 12.3. The number of hydrogen-bond donors (Lipinski definition) is 4. The summed E-state index contributed by atoms with van der Waals surface area (Å²) in [5.41, 5.74) is 2.30. The molecule has 0 aliphatic carbocycles. The molecule has 0 aliphatic heterocycles. The van der Waals surface area contributed by atoms with Crippen LogP contribution in [-0.4, -0.2) is 22.0 Å². The molecule has 2 heterocycles. The van der Waals surface area contributed by atoms with Gasteiger partial charge in [-0.2, -0.15) is 0 Å². The van der Waals surface area contributed by atoms with Gasteiger partial charge in [-0.1, -0.05) is 24.3 Å². The fourth-order valence-electron chi connectivity index (χ4n) is 3.01. The highest BCUT2D eigenvalue weighted by molar-refractivity contribution is 7.12. The quantitative estimate of drug-likeness (QED) is 0.299. The van der Waals surface area contributed by atoms with Gasteiger partial charge in [0.15, 0.2) is 0 Å². The van der Waals surface area contributed by atoms with Gasteiger partial charge < -0.3 is 20.8 Å². The minimum Gasteiger partial charge on any atom is -0.506 e. The molecule has 0 aliphatic rings. The first-order valence-electron chi connectivity index (χ1n) is 9.33. The van der Waals surface area contributed by atoms with Gasteiger partial charge in [-0.05, 0) is 64.7 Å². The Kier molecular flexibility index (Phi) is 6.01. The molecule has 0 radical (unpaired) electrons. The summed E-state index contributed by atoms with van der Waals surface area (Å²) in [7, 11) is 0. The van der Waals surface area contributed by atoms with Crippen molar-refractivity contribution in [2.45, 2.75) is 6.42 Å². The predicted molar refractivity (Wildman–Crippen MR) is 124 cm³/mol. The van der Waals surface area contributed by atoms with Crippen LogP contribution in [0.15, 0.2) is 71.4 Å². The molecule has 0 fully saturated rings. The van der Waals surface area contributed by atoms with E-state index in [1.54, 1.807) is 54.6 Å². The van der Waals surface area contributed by atoms with Crippen molar-refractivity contribution < 1.29 is 19.8 Å². The highest BCUT2D eigenvalue weighted by Gasteiger charge is 2.13. The summed E-state index contributed by atoms with van der Waals surface area (Å²) in [4.78, 5) is 25.6. The number of anilines is 2. The van der Waals surface area contributed by atoms with Crippen molar-refractivity contribution in [3.05, 3.63) is 92.3 Å². The first-order valence-corrected chi connectivity index (χ1v) is 11.1. The molecule has 0 atom stereocenters. The highest BCUT2D eigenvalue weighted by Crippen LogP contribution is 2.29. The van der Waals surface area contributed by atoms with Gasteiger partial charge in [0.2, 0.25) is 0 Å². The third-order valence-corrected chi connectivity index (χ3v) is 6.25. The minimum atomic E-state index is -0.286. The van der Waals surface area contributed by atoms with Crippen LogP contribution in [0.2, 0.25) is 0 Å². The van der Waals surface area contributed by atoms with E-state index >= 15 is 0 Å². The van der Waals surface area contributed by atoms with E-state index in [2.05, 4.69) is 10.6 Å². The van der Waals surface area contributed by atoms with Gasteiger partial charge in [0.1, 0.15) is 11.5 Å². The van der Waals surface area contributed by atoms with Gasteiger partial charge in [-0.25, -0.2) is 0 Å². The van der Waals surface area contributed by atoms with Crippen LogP contribution in [0, 0.1) is 0 Å². The lowest BCUT2D eigenvalue weighted by Gasteiger charge is -2.11. The van der Waals surface area contributed by atoms with Gasteiger partial charge in [0.25, 0.3) is 11.8 Å². The lowest BCUT2D eigenvalue weighted by atomic mass is 10.0. The molecule has 6 nitrogen and oxygen atoms in total. The van der Waals surface area contributed by atoms with E-state index in [1.807, 2.05) is 10.8 Å². The average Bonchev–Trinajstić information content (AvgIpc) is 3.46. The van der Waals surface area contributed by atoms with Crippen LogP contribution in [0.4, 0.5) is 11.4 Å². The Bertz CT molecular complexity index is 1220. The van der Waals surface area contributed by atoms with Gasteiger partial charge in [-0.15, -0.1) is 22.7 Å². The maximum Gasteiger partial charge on any atom is 0.265 e. The number of hydrogen-bond acceptors (Lipinski definition) is 6. The van der Waals surface area contributed by atoms with Crippen molar-refractivity contribution in [3.8, 4) is 11.5 Å². The summed E-state index contributed by atoms with van der Waals surface area (Å²) in [6.45, 7) is 0. The standard InChI is InChI=1S/C23H18N2O4S2/c26-18-8-6-14(12-17(18)25-23(29)21-4-2-10-31-21)11-15-5-7-16(19(27)13-15)24-22(28)20-3-1-9-30-20/h1-10,12-13,26-27H,11H2,(H,24,28)(H,25,29). The summed E-state index contributed by atoms with van der Waals surface area (Å²) in [5, 5.41) is 29.5. The Hall–Kier alpha value is -3.62. The molecule has 0 saturated heterocycles. The molecule has 2 aromatic carbocycles. The first kappa shape index (κ1) is 20.6. The van der Waals surface area contributed by atoms with Gasteiger partial charge in [0.05, 0.1) is 21.1 Å². The van der Waals surface area contributed by atoms with Crippen LogP contribution < -0.4 is 10.6 Å². The molecule has 8 heteroatoms. The van der Waals surface area contributed by atoms with Crippen LogP contribution in [0.25, 0.3) is 0 Å². The largest absolute Gasteiger partial charge is 0.506 e. The molecule has 0 bridgehead atoms. The Morgan fingerprint density at radius 1 is 0.710 bits per heavy atom. The van der Waals surface area contributed by atoms with Gasteiger partial charge in [0, 0.05) is 0 Å². The number of phenolic OH excluding ortho intramolecular Hbond substituents is 2. The molecule has 0 saturated carbocycles. The maximum atomic E-state index is 12.3. The van der Waals surface area contributed by atoms with Crippen LogP contribution in [0.5, 0.6) is 11.5 Å². The number of carbonyl (C=O) groups excluding carboxylic acids is 2. The third kappa shape index (κ3) is 4.93. The van der Waals surface area contributed by atoms with E-state index in [0.717, 1.165) is 11.1 Å². The van der Waals surface area contributed by atoms with E-state index in [4.69, 9.17) is 0 Å². The zero-order valence-electron chi connectivity index (χ0n) is 16.2. The molecule has 4 rings (SSSR count). The van der Waals surface area contributed by atoms with Crippen molar-refractivity contribution in [1.82, 2.24) is 0 Å². The van der Waals surface area contributed by atoms with E-state index < -0.39 is 0 Å². The van der Waals surface area contributed by atoms with Crippen LogP contribution >= 0.6 is 22.7 Å². The molecular weight excluding hydrogens is 432 g/mol. The summed E-state index contributed by atoms with van der Waals surface area (Å²) < 4.78 is 0. The number of rotatable bonds is 6. The van der Waals surface area contributed by atoms with Crippen molar-refractivity contribution in [2.24, 2.45) is 0 Å². The Morgan fingerprint density at radius 2 is 1.29 bits per heavy atom. The minimum absolute atomic E-state index is 0.0249. The second kappa shape index (κ2) is 9.03. The fourth-order valence-corrected chi connectivity index (χ4v) is 4.24. The van der Waals surface area contributed by atoms with Crippen molar-refractivity contribution in [1.29, 1.82) is 0 Å². The molecule has 4 N–H and O–H groups in total. The number of amides is 2. The summed E-state index contributed by atoms with van der Waals surface area (Å²) in [6, 6.07) is 17.0. The van der Waals surface area contributed by atoms with Crippen LogP contribution in [0.1, 0.15) is 30.5 Å². The second-order valence-electron chi connectivity index (χ2n) is 6.74. The number of thiophene rings is 2. The molecule has 0 spiro atoms. The molecule has 2 amide bonds. The first-order chi connectivity index (χ1) is 15.0. The Balaban J connectivity index is 1.47. The smallest absolute Gasteiger partial charge is 0.265 e. The Labute approximate surface area is 186 Å². The van der Waals surface area contributed by atoms with E-state index in [9.17, 15) is 19.8 Å². The van der Waals surface area contributed by atoms with Crippen LogP contribution in [-0.2, 0) is 6.42 Å². The number of aromatic hydroxyl groups is 2. The second-order valence-corrected chi connectivity index (χ2v) is 8.64. The molecule has 4 aromatic rings. The Morgan fingerprint density at radius 3 is 1.87 bits per heavy atom. The number of phenols is 2. The molecule has 31 heavy (non-hydrogen) atoms. The number of nitrogens with one attached hydrogen (secondary N) is 2. The predicted octanol–water partition coefficient (Wildman–Crippen LogP) is 5.32. The normalized spacial score (nSPS) is 10.6. The van der Waals surface area contributed by atoms with E-state index in [1.165, 1.54) is 28.7 Å². The molecule has 156 valence electrons. The fraction of sp³-hybridized carbons (Fsp3) is 0.0435. The number of benzene rings is 2. The van der Waals surface area contributed by atoms with Gasteiger partial charge in [-0.3, -0.25) is 9.59 Å². The highest BCUT2D eigenvalue weighted by atomic mass is 32.1. The average molecular weight is 451 g/mol. The van der Waals surface area contributed by atoms with Crippen molar-refractivity contribution in [2.75, 3.05) is 10.6 Å². The van der Waals surface area contributed by atoms with E-state index in [-0.39, 0.29) is 23.3 Å². The summed E-state index contributed by atoms with van der Waals surface area (Å²) in [5.74, 6) is -0.621. The van der Waals surface area contributed by atoms with E-state index in [0.29, 0.717) is 27.5 Å². The molecular formula is C23H18N2O4S2. The van der Waals surface area contributed by atoms with Crippen molar-refractivity contribution in [3.63, 3.8) is 0 Å². The van der Waals surface area contributed by atoms with Gasteiger partial charge >= 0.3 is 0 Å². The monoisotopic (exact) mass is 450 g/mol. The lowest BCUT2D eigenvalue weighted by Crippen LogP contribution is -2.10. The summed E-state index contributed by atoms with van der Waals surface area (Å²) >= 11 is 2.64. The third-order valence-electron chi connectivity index (χ3n) is 4.52. The molecule has 0 unspecified atom stereocenters. The van der Waals surface area contributed by atoms with Crippen molar-refractivity contribution >= 4 is 45.9 Å². The van der Waals surface area contributed by atoms with Crippen LogP contribution in [0.3, 0.4) is 0 Å². The topological polar surface area (TPSA) is 98.7 Å². The molecule has 2 aromatic heterocycles. The zero-order valence-corrected chi connectivity index (χ0v) is 17.8. The number of carbonyl (C=O) groups is 2.